The molecule has 0 radical (unpaired) electrons. The highest BCUT2D eigenvalue weighted by Gasteiger charge is 2.41. The van der Waals surface area contributed by atoms with Gasteiger partial charge in [-0.1, -0.05) is 78.1 Å². The van der Waals surface area contributed by atoms with Crippen LogP contribution in [0.4, 0.5) is 11.4 Å². The van der Waals surface area contributed by atoms with E-state index in [2.05, 4.69) is 87.7 Å². The van der Waals surface area contributed by atoms with Gasteiger partial charge >= 0.3 is 0 Å². The first-order chi connectivity index (χ1) is 24.4. The van der Waals surface area contributed by atoms with E-state index in [9.17, 15) is 0 Å². The number of nitrogens with zero attached hydrogens (tertiary/aromatic N) is 2. The maximum absolute atomic E-state index is 6.43. The third kappa shape index (κ3) is 11.1. The molecule has 0 N–H and O–H groups in total. The minimum atomic E-state index is 0.199. The van der Waals surface area contributed by atoms with E-state index in [4.69, 9.17) is 28.4 Å². The van der Waals surface area contributed by atoms with E-state index in [0.717, 1.165) is 49.1 Å². The largest absolute Gasteiger partial charge is 0.490 e. The number of hydrogen-bond acceptors (Lipinski definition) is 8. The van der Waals surface area contributed by atoms with Crippen LogP contribution in [0.15, 0.2) is 36.4 Å². The van der Waals surface area contributed by atoms with Gasteiger partial charge in [-0.15, -0.1) is 0 Å². The molecule has 0 aliphatic carbocycles. The van der Waals surface area contributed by atoms with Crippen LogP contribution in [0.3, 0.4) is 0 Å². The van der Waals surface area contributed by atoms with Gasteiger partial charge in [0.2, 0.25) is 0 Å². The van der Waals surface area contributed by atoms with Crippen molar-refractivity contribution in [1.82, 2.24) is 0 Å². The standard InChI is InChI=1S/C42H66N2O6/c1-7-9-11-13-15-17-23-45-41-25-35(19-21-39(41)49-29-37-27-47-37)43-31(3)33(5)44(34(6)32(43)4)36-20-22-40(50-30-38-28-48-38)42(26-36)46-24-18-16-14-12-10-8-2/h19-22,25-26,31-34,37-38H,7-18,23-24,27-30H2,1-6H3. The Balaban J connectivity index is 1.28. The van der Waals surface area contributed by atoms with Gasteiger partial charge < -0.3 is 38.2 Å². The van der Waals surface area contributed by atoms with Crippen LogP contribution in [0.2, 0.25) is 0 Å². The molecule has 0 saturated carbocycles. The van der Waals surface area contributed by atoms with E-state index < -0.39 is 0 Å². The maximum Gasteiger partial charge on any atom is 0.163 e. The average molecular weight is 695 g/mol. The summed E-state index contributed by atoms with van der Waals surface area (Å²) in [5.74, 6) is 3.27. The molecule has 3 aliphatic heterocycles. The first-order valence-corrected chi connectivity index (χ1v) is 20.0. The van der Waals surface area contributed by atoms with Gasteiger partial charge in [0.1, 0.15) is 25.4 Å². The lowest BCUT2D eigenvalue weighted by molar-refractivity contribution is 0.238. The van der Waals surface area contributed by atoms with Crippen molar-refractivity contribution in [1.29, 1.82) is 0 Å². The van der Waals surface area contributed by atoms with Gasteiger partial charge in [0.25, 0.3) is 0 Å². The summed E-state index contributed by atoms with van der Waals surface area (Å²) >= 11 is 0. The summed E-state index contributed by atoms with van der Waals surface area (Å²) in [6.45, 7) is 18.0. The Morgan fingerprint density at radius 3 is 1.22 bits per heavy atom. The molecule has 0 amide bonds. The van der Waals surface area contributed by atoms with E-state index in [1.165, 1.54) is 75.6 Å². The van der Waals surface area contributed by atoms with Crippen LogP contribution in [0.25, 0.3) is 0 Å². The average Bonchev–Trinajstić information content (AvgIpc) is 4.06. The second-order valence-electron chi connectivity index (χ2n) is 14.8. The van der Waals surface area contributed by atoms with Gasteiger partial charge in [0.15, 0.2) is 23.0 Å². The normalized spacial score (nSPS) is 24.3. The van der Waals surface area contributed by atoms with Gasteiger partial charge in [-0.2, -0.15) is 0 Å². The Hall–Kier alpha value is -2.84. The quantitative estimate of drug-likeness (QED) is 0.0795. The molecule has 5 rings (SSSR count). The molecule has 50 heavy (non-hydrogen) atoms. The van der Waals surface area contributed by atoms with Crippen molar-refractivity contribution < 1.29 is 28.4 Å². The minimum absolute atomic E-state index is 0.199. The van der Waals surface area contributed by atoms with E-state index >= 15 is 0 Å². The highest BCUT2D eigenvalue weighted by atomic mass is 16.6. The van der Waals surface area contributed by atoms with Gasteiger partial charge in [-0.05, 0) is 64.8 Å². The van der Waals surface area contributed by atoms with Crippen LogP contribution < -0.4 is 28.7 Å². The molecule has 3 heterocycles. The van der Waals surface area contributed by atoms with Crippen LogP contribution in [-0.4, -0.2) is 76.0 Å². The van der Waals surface area contributed by atoms with Crippen LogP contribution >= 0.6 is 0 Å². The van der Waals surface area contributed by atoms with Gasteiger partial charge in [0.05, 0.1) is 26.4 Å². The van der Waals surface area contributed by atoms with E-state index in [-0.39, 0.29) is 36.4 Å². The Labute approximate surface area is 303 Å². The highest BCUT2D eigenvalue weighted by molar-refractivity contribution is 5.63. The molecule has 6 unspecified atom stereocenters. The number of benzene rings is 2. The molecular weight excluding hydrogens is 628 g/mol. The van der Waals surface area contributed by atoms with Crippen molar-refractivity contribution in [3.8, 4) is 23.0 Å². The lowest BCUT2D eigenvalue weighted by Crippen LogP contribution is -2.66. The smallest absolute Gasteiger partial charge is 0.163 e. The lowest BCUT2D eigenvalue weighted by atomic mass is 9.92. The minimum Gasteiger partial charge on any atom is -0.490 e. The van der Waals surface area contributed by atoms with Crippen LogP contribution in [0, 0.1) is 0 Å². The van der Waals surface area contributed by atoms with Gasteiger partial charge in [0, 0.05) is 47.7 Å². The highest BCUT2D eigenvalue weighted by Crippen LogP contribution is 2.41. The van der Waals surface area contributed by atoms with E-state index in [1.54, 1.807) is 0 Å². The van der Waals surface area contributed by atoms with Gasteiger partial charge in [-0.25, -0.2) is 0 Å². The van der Waals surface area contributed by atoms with Crippen molar-refractivity contribution in [3.63, 3.8) is 0 Å². The summed E-state index contributed by atoms with van der Waals surface area (Å²) in [5, 5.41) is 0. The number of anilines is 2. The Bertz CT molecular complexity index is 1170. The Morgan fingerprint density at radius 1 is 0.500 bits per heavy atom. The Kier molecular flexibility index (Phi) is 15.1. The molecule has 0 bridgehead atoms. The first kappa shape index (κ1) is 38.4. The van der Waals surface area contributed by atoms with E-state index in [1.807, 2.05) is 0 Å². The molecule has 3 fully saturated rings. The molecule has 3 aliphatic rings. The fraction of sp³-hybridized carbons (Fsp3) is 0.714. The molecular formula is C42H66N2O6. The van der Waals surface area contributed by atoms with Crippen LogP contribution in [0.1, 0.15) is 119 Å². The zero-order valence-electron chi connectivity index (χ0n) is 32.0. The number of piperazine rings is 1. The summed E-state index contributed by atoms with van der Waals surface area (Å²) < 4.78 is 36.1. The number of rotatable bonds is 24. The summed E-state index contributed by atoms with van der Waals surface area (Å²) in [7, 11) is 0. The molecule has 280 valence electrons. The van der Waals surface area contributed by atoms with Crippen molar-refractivity contribution in [2.45, 2.75) is 155 Å². The molecule has 8 nitrogen and oxygen atoms in total. The molecule has 0 spiro atoms. The summed E-state index contributed by atoms with van der Waals surface area (Å²) in [4.78, 5) is 5.14. The molecule has 0 aromatic heterocycles. The number of epoxide rings is 2. The van der Waals surface area contributed by atoms with Crippen molar-refractivity contribution in [3.05, 3.63) is 36.4 Å². The molecule has 2 aromatic carbocycles. The zero-order chi connectivity index (χ0) is 35.3. The van der Waals surface area contributed by atoms with Crippen molar-refractivity contribution in [2.24, 2.45) is 0 Å². The fourth-order valence-corrected chi connectivity index (χ4v) is 7.21. The molecule has 8 heteroatoms. The predicted octanol–water partition coefficient (Wildman–Crippen LogP) is 9.60. The van der Waals surface area contributed by atoms with E-state index in [0.29, 0.717) is 26.4 Å². The third-order valence-corrected chi connectivity index (χ3v) is 10.8. The Morgan fingerprint density at radius 2 is 0.860 bits per heavy atom. The lowest BCUT2D eigenvalue weighted by Gasteiger charge is -2.55. The summed E-state index contributed by atoms with van der Waals surface area (Å²) in [6, 6.07) is 14.0. The van der Waals surface area contributed by atoms with Crippen molar-refractivity contribution in [2.75, 3.05) is 49.4 Å². The second kappa shape index (κ2) is 19.7. The number of hydrogen-bond donors (Lipinski definition) is 0. The monoisotopic (exact) mass is 694 g/mol. The third-order valence-electron chi connectivity index (χ3n) is 10.8. The predicted molar refractivity (Wildman–Crippen MR) is 204 cm³/mol. The topological polar surface area (TPSA) is 68.5 Å². The second-order valence-corrected chi connectivity index (χ2v) is 14.8. The molecule has 3 saturated heterocycles. The van der Waals surface area contributed by atoms with Crippen LogP contribution in [0.5, 0.6) is 23.0 Å². The fourth-order valence-electron chi connectivity index (χ4n) is 7.21. The zero-order valence-corrected chi connectivity index (χ0v) is 32.0. The maximum atomic E-state index is 6.43. The first-order valence-electron chi connectivity index (χ1n) is 20.0. The van der Waals surface area contributed by atoms with Crippen molar-refractivity contribution >= 4 is 11.4 Å². The van der Waals surface area contributed by atoms with Gasteiger partial charge in [-0.3, -0.25) is 0 Å². The number of ether oxygens (including phenoxy) is 6. The molecule has 6 atom stereocenters. The SMILES string of the molecule is CCCCCCCCOc1cc(N2C(C)C(C)N(c3ccc(OCC4CO4)c(OCCCCCCCC)c3)C(C)C2C)ccc1OCC1CO1. The molecule has 2 aromatic rings. The van der Waals surface area contributed by atoms with Crippen LogP contribution in [-0.2, 0) is 9.47 Å². The summed E-state index contributed by atoms with van der Waals surface area (Å²) in [5.41, 5.74) is 2.34. The summed E-state index contributed by atoms with van der Waals surface area (Å²) in [6.07, 6.45) is 15.2. The number of unbranched alkanes of at least 4 members (excludes halogenated alkanes) is 10.